The van der Waals surface area contributed by atoms with E-state index < -0.39 is 0 Å². The van der Waals surface area contributed by atoms with E-state index in [0.717, 1.165) is 5.56 Å². The van der Waals surface area contributed by atoms with Crippen molar-refractivity contribution in [2.75, 3.05) is 0 Å². The molecule has 0 aliphatic carbocycles. The Kier molecular flexibility index (Phi) is 5.86. The second-order valence-corrected chi connectivity index (χ2v) is 5.96. The quantitative estimate of drug-likeness (QED) is 0.581. The number of nitrogens with one attached hydrogen (secondary N) is 3. The Labute approximate surface area is 144 Å². The maximum absolute atomic E-state index is 12.8. The lowest BCUT2D eigenvalue weighted by atomic mass is 10.1. The summed E-state index contributed by atoms with van der Waals surface area (Å²) in [6.07, 6.45) is 0. The van der Waals surface area contributed by atoms with Crippen molar-refractivity contribution in [1.82, 2.24) is 21.3 Å². The van der Waals surface area contributed by atoms with Crippen LogP contribution in [0.15, 0.2) is 28.8 Å². The molecule has 24 heavy (non-hydrogen) atoms. The zero-order valence-electron chi connectivity index (χ0n) is 13.6. The molecule has 8 heteroatoms. The third-order valence-corrected chi connectivity index (χ3v) is 3.54. The van der Waals surface area contributed by atoms with E-state index in [-0.39, 0.29) is 22.8 Å². The monoisotopic (exact) mass is 350 g/mol. The molecule has 0 saturated carbocycles. The van der Waals surface area contributed by atoms with Crippen LogP contribution in [0.5, 0.6) is 0 Å². The van der Waals surface area contributed by atoms with E-state index in [9.17, 15) is 9.18 Å². The number of halogens is 1. The Morgan fingerprint density at radius 1 is 1.29 bits per heavy atom. The standard InChI is InChI=1S/C16H19FN4O2S/c1-9(2)14-13(10(3)21-23-14)15(22)19-20-16(24)18-8-11-4-6-12(17)7-5-11/h4-7,9H,8H2,1-3H3,(H,19,22)(H2,18,20,24). The number of benzene rings is 1. The summed E-state index contributed by atoms with van der Waals surface area (Å²) in [5, 5.41) is 6.98. The van der Waals surface area contributed by atoms with Gasteiger partial charge in [-0.25, -0.2) is 4.39 Å². The molecule has 0 bridgehead atoms. The van der Waals surface area contributed by atoms with Crippen LogP contribution < -0.4 is 16.2 Å². The molecule has 0 aliphatic heterocycles. The highest BCUT2D eigenvalue weighted by Crippen LogP contribution is 2.21. The highest BCUT2D eigenvalue weighted by atomic mass is 32.1. The summed E-state index contributed by atoms with van der Waals surface area (Å²) in [5.41, 5.74) is 6.92. The number of carbonyl (C=O) groups excluding carboxylic acids is 1. The van der Waals surface area contributed by atoms with E-state index in [1.54, 1.807) is 19.1 Å². The van der Waals surface area contributed by atoms with Crippen molar-refractivity contribution < 1.29 is 13.7 Å². The number of carbonyl (C=O) groups is 1. The lowest BCUT2D eigenvalue weighted by molar-refractivity contribution is 0.0940. The Morgan fingerprint density at radius 2 is 1.96 bits per heavy atom. The number of thiocarbonyl (C=S) groups is 1. The molecule has 0 aliphatic rings. The zero-order chi connectivity index (χ0) is 17.7. The lowest BCUT2D eigenvalue weighted by Crippen LogP contribution is -2.46. The molecule has 0 unspecified atom stereocenters. The van der Waals surface area contributed by atoms with Gasteiger partial charge in [-0.1, -0.05) is 31.1 Å². The number of aromatic nitrogens is 1. The molecule has 128 valence electrons. The maximum atomic E-state index is 12.8. The van der Waals surface area contributed by atoms with E-state index in [1.807, 2.05) is 13.8 Å². The number of hydrogen-bond acceptors (Lipinski definition) is 4. The van der Waals surface area contributed by atoms with Crippen LogP contribution in [0.2, 0.25) is 0 Å². The number of aryl methyl sites for hydroxylation is 1. The topological polar surface area (TPSA) is 79.2 Å². The molecule has 2 aromatic rings. The molecule has 2 rings (SSSR count). The van der Waals surface area contributed by atoms with Crippen LogP contribution in [-0.4, -0.2) is 16.2 Å². The Bertz CT molecular complexity index is 728. The minimum Gasteiger partial charge on any atom is -0.360 e. The van der Waals surface area contributed by atoms with E-state index >= 15 is 0 Å². The summed E-state index contributed by atoms with van der Waals surface area (Å²) < 4.78 is 18.0. The summed E-state index contributed by atoms with van der Waals surface area (Å²) in [5.74, 6) is -0.104. The molecule has 0 radical (unpaired) electrons. The predicted octanol–water partition coefficient (Wildman–Crippen LogP) is 2.55. The van der Waals surface area contributed by atoms with Gasteiger partial charge in [-0.2, -0.15) is 0 Å². The molecule has 0 fully saturated rings. The van der Waals surface area contributed by atoms with Gasteiger partial charge in [0, 0.05) is 12.5 Å². The molecule has 1 heterocycles. The van der Waals surface area contributed by atoms with Crippen LogP contribution in [-0.2, 0) is 6.54 Å². The van der Waals surface area contributed by atoms with Crippen molar-refractivity contribution in [3.05, 3.63) is 52.7 Å². The van der Waals surface area contributed by atoms with E-state index in [0.29, 0.717) is 23.6 Å². The molecular weight excluding hydrogens is 331 g/mol. The first-order chi connectivity index (χ1) is 11.4. The van der Waals surface area contributed by atoms with Gasteiger partial charge in [0.2, 0.25) is 0 Å². The molecule has 6 nitrogen and oxygen atoms in total. The Balaban J connectivity index is 1.86. The molecule has 1 amide bonds. The number of nitrogens with zero attached hydrogens (tertiary/aromatic N) is 1. The number of amides is 1. The van der Waals surface area contributed by atoms with Crippen LogP contribution in [0.3, 0.4) is 0 Å². The van der Waals surface area contributed by atoms with Gasteiger partial charge in [-0.3, -0.25) is 15.6 Å². The minimum absolute atomic E-state index is 0.0375. The van der Waals surface area contributed by atoms with Crippen molar-refractivity contribution in [2.45, 2.75) is 33.2 Å². The van der Waals surface area contributed by atoms with Crippen LogP contribution in [0.1, 0.15) is 47.1 Å². The van der Waals surface area contributed by atoms with Crippen LogP contribution >= 0.6 is 12.2 Å². The van der Waals surface area contributed by atoms with E-state index in [4.69, 9.17) is 16.7 Å². The van der Waals surface area contributed by atoms with Gasteiger partial charge < -0.3 is 9.84 Å². The molecule has 1 aromatic heterocycles. The summed E-state index contributed by atoms with van der Waals surface area (Å²) >= 11 is 5.09. The molecule has 0 atom stereocenters. The smallest absolute Gasteiger partial charge is 0.275 e. The van der Waals surface area contributed by atoms with Gasteiger partial charge in [0.25, 0.3) is 5.91 Å². The maximum Gasteiger partial charge on any atom is 0.275 e. The molecule has 3 N–H and O–H groups in total. The lowest BCUT2D eigenvalue weighted by Gasteiger charge is -2.12. The second kappa shape index (κ2) is 7.87. The summed E-state index contributed by atoms with van der Waals surface area (Å²) in [6.45, 7) is 5.94. The van der Waals surface area contributed by atoms with Crippen molar-refractivity contribution >= 4 is 23.2 Å². The largest absolute Gasteiger partial charge is 0.360 e. The van der Waals surface area contributed by atoms with Crippen LogP contribution in [0.25, 0.3) is 0 Å². The average Bonchev–Trinajstić information content (AvgIpc) is 2.94. The van der Waals surface area contributed by atoms with Crippen molar-refractivity contribution in [3.8, 4) is 0 Å². The molecule has 1 aromatic carbocycles. The number of hydrazine groups is 1. The summed E-state index contributed by atoms with van der Waals surface area (Å²) in [6, 6.07) is 6.05. The molecule has 0 spiro atoms. The highest BCUT2D eigenvalue weighted by Gasteiger charge is 2.22. The first kappa shape index (κ1) is 17.9. The normalized spacial score (nSPS) is 10.5. The van der Waals surface area contributed by atoms with Gasteiger partial charge >= 0.3 is 0 Å². The molecular formula is C16H19FN4O2S. The van der Waals surface area contributed by atoms with E-state index in [2.05, 4.69) is 21.3 Å². The van der Waals surface area contributed by atoms with Gasteiger partial charge in [0.05, 0.1) is 5.69 Å². The van der Waals surface area contributed by atoms with E-state index in [1.165, 1.54) is 12.1 Å². The van der Waals surface area contributed by atoms with Gasteiger partial charge in [0.15, 0.2) is 10.9 Å². The molecule has 0 saturated heterocycles. The van der Waals surface area contributed by atoms with Gasteiger partial charge in [0.1, 0.15) is 11.4 Å². The van der Waals surface area contributed by atoms with Crippen molar-refractivity contribution in [3.63, 3.8) is 0 Å². The van der Waals surface area contributed by atoms with Crippen LogP contribution in [0, 0.1) is 12.7 Å². The average molecular weight is 350 g/mol. The fraction of sp³-hybridized carbons (Fsp3) is 0.312. The first-order valence-corrected chi connectivity index (χ1v) is 7.84. The first-order valence-electron chi connectivity index (χ1n) is 7.43. The highest BCUT2D eigenvalue weighted by molar-refractivity contribution is 7.80. The van der Waals surface area contributed by atoms with Crippen molar-refractivity contribution in [1.29, 1.82) is 0 Å². The predicted molar refractivity (Wildman–Crippen MR) is 91.8 cm³/mol. The number of hydrogen-bond donors (Lipinski definition) is 3. The Hall–Kier alpha value is -2.48. The second-order valence-electron chi connectivity index (χ2n) is 5.55. The third-order valence-electron chi connectivity index (χ3n) is 3.30. The third kappa shape index (κ3) is 4.51. The fourth-order valence-electron chi connectivity index (χ4n) is 2.06. The van der Waals surface area contributed by atoms with Gasteiger partial charge in [-0.05, 0) is 36.8 Å². The summed E-state index contributed by atoms with van der Waals surface area (Å²) in [4.78, 5) is 12.3. The van der Waals surface area contributed by atoms with Crippen LogP contribution in [0.4, 0.5) is 4.39 Å². The van der Waals surface area contributed by atoms with Gasteiger partial charge in [-0.15, -0.1) is 0 Å². The summed E-state index contributed by atoms with van der Waals surface area (Å²) in [7, 11) is 0. The number of rotatable bonds is 4. The van der Waals surface area contributed by atoms with Crippen molar-refractivity contribution in [2.24, 2.45) is 0 Å². The zero-order valence-corrected chi connectivity index (χ0v) is 14.5. The Morgan fingerprint density at radius 3 is 2.58 bits per heavy atom. The fourth-order valence-corrected chi connectivity index (χ4v) is 2.19. The SMILES string of the molecule is Cc1noc(C(C)C)c1C(=O)NNC(=S)NCc1ccc(F)cc1. The minimum atomic E-state index is -0.372.